The number of hydrogen-bond acceptors (Lipinski definition) is 4. The molecule has 8 heteroatoms. The minimum atomic E-state index is -3.59. The van der Waals surface area contributed by atoms with Gasteiger partial charge in [-0.3, -0.25) is 5.10 Å². The molecule has 0 spiro atoms. The van der Waals surface area contributed by atoms with Crippen LogP contribution in [0.2, 0.25) is 5.02 Å². The Morgan fingerprint density at radius 1 is 1.36 bits per heavy atom. The predicted molar refractivity (Wildman–Crippen MR) is 83.3 cm³/mol. The number of hydrogen-bond donors (Lipinski definition) is 1. The van der Waals surface area contributed by atoms with E-state index in [0.717, 1.165) is 18.7 Å². The van der Waals surface area contributed by atoms with Gasteiger partial charge in [0.15, 0.2) is 5.82 Å². The summed E-state index contributed by atoms with van der Waals surface area (Å²) in [6.45, 7) is 2.70. The van der Waals surface area contributed by atoms with Gasteiger partial charge >= 0.3 is 0 Å². The van der Waals surface area contributed by atoms with Gasteiger partial charge in [-0.25, -0.2) is 13.4 Å². The maximum absolute atomic E-state index is 12.8. The summed E-state index contributed by atoms with van der Waals surface area (Å²) >= 11 is 6.05. The summed E-state index contributed by atoms with van der Waals surface area (Å²) in [7, 11) is -3.59. The first kappa shape index (κ1) is 15.5. The van der Waals surface area contributed by atoms with E-state index in [1.807, 2.05) is 6.92 Å². The molecule has 3 rings (SSSR count). The molecule has 1 aliphatic heterocycles. The lowest BCUT2D eigenvalue weighted by Crippen LogP contribution is -2.39. The van der Waals surface area contributed by atoms with E-state index in [2.05, 4.69) is 15.2 Å². The highest BCUT2D eigenvalue weighted by molar-refractivity contribution is 7.89. The molecule has 118 valence electrons. The predicted octanol–water partition coefficient (Wildman–Crippen LogP) is 2.33. The van der Waals surface area contributed by atoms with E-state index >= 15 is 0 Å². The molecule has 1 aromatic heterocycles. The van der Waals surface area contributed by atoms with Crippen LogP contribution in [0.15, 0.2) is 29.2 Å². The Balaban J connectivity index is 1.87. The number of rotatable bonds is 3. The molecule has 1 saturated heterocycles. The average Bonchev–Trinajstić information content (AvgIpc) is 2.94. The maximum Gasteiger partial charge on any atom is 0.244 e. The first-order chi connectivity index (χ1) is 10.5. The standard InChI is InChI=1S/C14H17ClN4O2S/c1-10-16-14(18-17-10)11-5-4-8-19(9-11)22(20,21)13-7-3-2-6-12(13)15/h2-3,6-7,11H,4-5,8-9H2,1H3,(H,16,17,18). The number of piperidine rings is 1. The van der Waals surface area contributed by atoms with Crippen LogP contribution in [0, 0.1) is 6.92 Å². The van der Waals surface area contributed by atoms with E-state index in [4.69, 9.17) is 11.6 Å². The van der Waals surface area contributed by atoms with Crippen LogP contribution in [-0.4, -0.2) is 41.0 Å². The van der Waals surface area contributed by atoms with Crippen LogP contribution < -0.4 is 0 Å². The number of nitrogens with one attached hydrogen (secondary N) is 1. The molecule has 1 aliphatic rings. The van der Waals surface area contributed by atoms with E-state index in [1.165, 1.54) is 10.4 Å². The number of aryl methyl sites for hydroxylation is 1. The summed E-state index contributed by atoms with van der Waals surface area (Å²) in [6.07, 6.45) is 1.66. The third-order valence-corrected chi connectivity index (χ3v) is 6.18. The van der Waals surface area contributed by atoms with Crippen LogP contribution >= 0.6 is 11.6 Å². The molecule has 22 heavy (non-hydrogen) atoms. The monoisotopic (exact) mass is 340 g/mol. The maximum atomic E-state index is 12.8. The fourth-order valence-electron chi connectivity index (χ4n) is 2.71. The van der Waals surface area contributed by atoms with Gasteiger partial charge in [0.1, 0.15) is 10.7 Å². The van der Waals surface area contributed by atoms with E-state index in [9.17, 15) is 8.42 Å². The first-order valence-electron chi connectivity index (χ1n) is 7.12. The Labute approximate surface area is 134 Å². The van der Waals surface area contributed by atoms with Crippen LogP contribution in [0.25, 0.3) is 0 Å². The van der Waals surface area contributed by atoms with Gasteiger partial charge in [0.05, 0.1) is 5.02 Å². The molecule has 0 radical (unpaired) electrons. The van der Waals surface area contributed by atoms with Crippen LogP contribution in [-0.2, 0) is 10.0 Å². The lowest BCUT2D eigenvalue weighted by Gasteiger charge is -2.30. The second-order valence-electron chi connectivity index (χ2n) is 5.41. The SMILES string of the molecule is Cc1nc(C2CCCN(S(=O)(=O)c3ccccc3Cl)C2)n[nH]1. The molecule has 0 aliphatic carbocycles. The molecule has 1 unspecified atom stereocenters. The fourth-order valence-corrected chi connectivity index (χ4v) is 4.72. The van der Waals surface area contributed by atoms with Crippen molar-refractivity contribution in [1.82, 2.24) is 19.5 Å². The van der Waals surface area contributed by atoms with Crippen molar-refractivity contribution in [2.75, 3.05) is 13.1 Å². The van der Waals surface area contributed by atoms with E-state index in [0.29, 0.717) is 18.9 Å². The van der Waals surface area contributed by atoms with Gasteiger partial charge in [-0.15, -0.1) is 0 Å². The molecule has 0 saturated carbocycles. The minimum Gasteiger partial charge on any atom is -0.263 e. The highest BCUT2D eigenvalue weighted by Crippen LogP contribution is 2.30. The topological polar surface area (TPSA) is 79.0 Å². The highest BCUT2D eigenvalue weighted by Gasteiger charge is 2.33. The van der Waals surface area contributed by atoms with Gasteiger partial charge in [0.25, 0.3) is 0 Å². The summed E-state index contributed by atoms with van der Waals surface area (Å²) in [5.74, 6) is 1.42. The first-order valence-corrected chi connectivity index (χ1v) is 8.94. The summed E-state index contributed by atoms with van der Waals surface area (Å²) in [5, 5.41) is 7.22. The number of H-pyrrole nitrogens is 1. The van der Waals surface area contributed by atoms with Crippen LogP contribution in [0.5, 0.6) is 0 Å². The molecule has 6 nitrogen and oxygen atoms in total. The zero-order chi connectivity index (χ0) is 15.7. The Morgan fingerprint density at radius 2 is 2.14 bits per heavy atom. The molecule has 2 heterocycles. The Kier molecular flexibility index (Phi) is 4.20. The number of aromatic amines is 1. The quantitative estimate of drug-likeness (QED) is 0.930. The Morgan fingerprint density at radius 3 is 2.82 bits per heavy atom. The molecule has 2 aromatic rings. The third-order valence-electron chi connectivity index (χ3n) is 3.82. The van der Waals surface area contributed by atoms with Crippen molar-refractivity contribution in [2.24, 2.45) is 0 Å². The molecule has 1 N–H and O–H groups in total. The normalized spacial score (nSPS) is 20.2. The molecule has 0 amide bonds. The number of sulfonamides is 1. The van der Waals surface area contributed by atoms with Crippen LogP contribution in [0.4, 0.5) is 0 Å². The van der Waals surface area contributed by atoms with Crippen molar-refractivity contribution in [3.05, 3.63) is 40.9 Å². The van der Waals surface area contributed by atoms with Gasteiger partial charge in [-0.05, 0) is 31.9 Å². The zero-order valence-corrected chi connectivity index (χ0v) is 13.7. The van der Waals surface area contributed by atoms with Crippen LogP contribution in [0.3, 0.4) is 0 Å². The number of aromatic nitrogens is 3. The molecular weight excluding hydrogens is 324 g/mol. The van der Waals surface area contributed by atoms with Gasteiger partial charge in [0, 0.05) is 19.0 Å². The second kappa shape index (κ2) is 5.98. The van der Waals surface area contributed by atoms with Gasteiger partial charge in [-0.1, -0.05) is 23.7 Å². The van der Waals surface area contributed by atoms with E-state index < -0.39 is 10.0 Å². The lowest BCUT2D eigenvalue weighted by molar-refractivity contribution is 0.309. The number of benzene rings is 1. The van der Waals surface area contributed by atoms with E-state index in [1.54, 1.807) is 18.2 Å². The summed E-state index contributed by atoms with van der Waals surface area (Å²) in [5.41, 5.74) is 0. The largest absolute Gasteiger partial charge is 0.263 e. The molecule has 1 aromatic carbocycles. The minimum absolute atomic E-state index is 0.0102. The van der Waals surface area contributed by atoms with Crippen molar-refractivity contribution in [3.63, 3.8) is 0 Å². The molecule has 1 atom stereocenters. The molecular formula is C14H17ClN4O2S. The third kappa shape index (κ3) is 2.88. The van der Waals surface area contributed by atoms with Crippen molar-refractivity contribution >= 4 is 21.6 Å². The van der Waals surface area contributed by atoms with Gasteiger partial charge in [0.2, 0.25) is 10.0 Å². The Hall–Kier alpha value is -1.44. The average molecular weight is 341 g/mol. The summed E-state index contributed by atoms with van der Waals surface area (Å²) in [4.78, 5) is 4.48. The van der Waals surface area contributed by atoms with Crippen molar-refractivity contribution in [2.45, 2.75) is 30.6 Å². The number of nitrogens with zero attached hydrogens (tertiary/aromatic N) is 3. The van der Waals surface area contributed by atoms with Crippen molar-refractivity contribution < 1.29 is 8.42 Å². The smallest absolute Gasteiger partial charge is 0.244 e. The van der Waals surface area contributed by atoms with Crippen molar-refractivity contribution in [1.29, 1.82) is 0 Å². The lowest BCUT2D eigenvalue weighted by atomic mass is 9.99. The number of halogens is 1. The second-order valence-corrected chi connectivity index (χ2v) is 7.73. The Bertz CT molecular complexity index is 775. The van der Waals surface area contributed by atoms with Crippen LogP contribution in [0.1, 0.15) is 30.4 Å². The summed E-state index contributed by atoms with van der Waals surface area (Å²) in [6, 6.07) is 6.53. The summed E-state index contributed by atoms with van der Waals surface area (Å²) < 4.78 is 27.0. The van der Waals surface area contributed by atoms with Gasteiger partial charge < -0.3 is 0 Å². The highest BCUT2D eigenvalue weighted by atomic mass is 35.5. The van der Waals surface area contributed by atoms with E-state index in [-0.39, 0.29) is 15.8 Å². The van der Waals surface area contributed by atoms with Crippen molar-refractivity contribution in [3.8, 4) is 0 Å². The fraction of sp³-hybridized carbons (Fsp3) is 0.429. The zero-order valence-electron chi connectivity index (χ0n) is 12.2. The molecule has 1 fully saturated rings. The molecule has 0 bridgehead atoms. The van der Waals surface area contributed by atoms with Gasteiger partial charge in [-0.2, -0.15) is 9.40 Å².